The van der Waals surface area contributed by atoms with E-state index < -0.39 is 16.1 Å². The minimum Gasteiger partial charge on any atom is -0.0656 e. The standard InChI is InChI=1S/C22H32Si2/c1-23(2,3)21-15-17-7-11-19(21)13-9-18-8-12-20(14-10-17)22(16-18)24(4,5)6/h7-8,11-12,15-16H,9-10,13-14H2,1-6H3. The Morgan fingerprint density at radius 2 is 0.917 bits per heavy atom. The summed E-state index contributed by atoms with van der Waals surface area (Å²) in [5.41, 5.74) is 6.25. The first-order chi connectivity index (χ1) is 11.1. The first-order valence-electron chi connectivity index (χ1n) is 9.39. The zero-order valence-electron chi connectivity index (χ0n) is 16.3. The highest BCUT2D eigenvalue weighted by atomic mass is 28.3. The normalized spacial score (nSPS) is 15.2. The molecule has 0 amide bonds. The van der Waals surface area contributed by atoms with Gasteiger partial charge in [0.2, 0.25) is 0 Å². The van der Waals surface area contributed by atoms with Crippen LogP contribution in [0.4, 0.5) is 0 Å². The maximum atomic E-state index is 2.55. The predicted octanol–water partition coefficient (Wildman–Crippen LogP) is 4.66. The van der Waals surface area contributed by atoms with Gasteiger partial charge in [-0.1, -0.05) is 86.1 Å². The molecule has 4 aliphatic rings. The molecule has 4 bridgehead atoms. The van der Waals surface area contributed by atoms with Gasteiger partial charge >= 0.3 is 0 Å². The van der Waals surface area contributed by atoms with Crippen LogP contribution in [0, 0.1) is 0 Å². The van der Waals surface area contributed by atoms with Gasteiger partial charge in [0.25, 0.3) is 0 Å². The molecule has 0 nitrogen and oxygen atoms in total. The summed E-state index contributed by atoms with van der Waals surface area (Å²) in [7, 11) is -2.58. The second kappa shape index (κ2) is 6.31. The van der Waals surface area contributed by atoms with Crippen molar-refractivity contribution in [1.29, 1.82) is 0 Å². The highest BCUT2D eigenvalue weighted by molar-refractivity contribution is 6.89. The first-order valence-corrected chi connectivity index (χ1v) is 16.4. The Bertz CT molecular complexity index is 680. The molecule has 0 aromatic heterocycles. The number of hydrogen-bond donors (Lipinski definition) is 0. The van der Waals surface area contributed by atoms with Crippen molar-refractivity contribution in [1.82, 2.24) is 0 Å². The van der Waals surface area contributed by atoms with E-state index in [-0.39, 0.29) is 0 Å². The van der Waals surface area contributed by atoms with Crippen molar-refractivity contribution in [2.24, 2.45) is 0 Å². The molecule has 0 saturated carbocycles. The minimum atomic E-state index is -1.29. The van der Waals surface area contributed by atoms with Crippen LogP contribution in [0.25, 0.3) is 0 Å². The Hall–Kier alpha value is -1.13. The van der Waals surface area contributed by atoms with Crippen LogP contribution in [0.5, 0.6) is 0 Å². The topological polar surface area (TPSA) is 0 Å². The molecular weight excluding hydrogens is 320 g/mol. The molecule has 0 atom stereocenters. The average molecular weight is 353 g/mol. The van der Waals surface area contributed by atoms with E-state index in [0.29, 0.717) is 0 Å². The lowest BCUT2D eigenvalue weighted by Crippen LogP contribution is -2.41. The number of benzene rings is 2. The Balaban J connectivity index is 2.07. The smallest absolute Gasteiger partial charge is 0.0656 e. The summed E-state index contributed by atoms with van der Waals surface area (Å²) in [6.07, 6.45) is 4.72. The maximum Gasteiger partial charge on any atom is 0.0779 e. The summed E-state index contributed by atoms with van der Waals surface area (Å²) in [6.45, 7) is 14.9. The van der Waals surface area contributed by atoms with Gasteiger partial charge in [-0.05, 0) is 47.9 Å². The molecule has 0 radical (unpaired) electrons. The van der Waals surface area contributed by atoms with E-state index in [9.17, 15) is 0 Å². The molecule has 0 N–H and O–H groups in total. The van der Waals surface area contributed by atoms with Crippen molar-refractivity contribution < 1.29 is 0 Å². The van der Waals surface area contributed by atoms with E-state index in [4.69, 9.17) is 0 Å². The van der Waals surface area contributed by atoms with Crippen molar-refractivity contribution in [3.05, 3.63) is 58.7 Å². The molecule has 2 aromatic carbocycles. The Kier molecular flexibility index (Phi) is 4.65. The molecule has 0 aliphatic heterocycles. The molecule has 2 aromatic rings. The zero-order valence-corrected chi connectivity index (χ0v) is 18.3. The molecule has 0 fully saturated rings. The third-order valence-electron chi connectivity index (χ3n) is 5.33. The Morgan fingerprint density at radius 1 is 0.542 bits per heavy atom. The molecule has 4 aliphatic carbocycles. The molecule has 24 heavy (non-hydrogen) atoms. The molecule has 0 saturated heterocycles. The van der Waals surface area contributed by atoms with Gasteiger partial charge in [0.15, 0.2) is 0 Å². The fraction of sp³-hybridized carbons (Fsp3) is 0.455. The van der Waals surface area contributed by atoms with Gasteiger partial charge in [0.1, 0.15) is 0 Å². The van der Waals surface area contributed by atoms with Gasteiger partial charge in [0, 0.05) is 0 Å². The fourth-order valence-corrected chi connectivity index (χ4v) is 7.53. The molecule has 0 unspecified atom stereocenters. The summed E-state index contributed by atoms with van der Waals surface area (Å²) in [6, 6.07) is 14.7. The van der Waals surface area contributed by atoms with Crippen LogP contribution in [-0.2, 0) is 25.7 Å². The van der Waals surface area contributed by atoms with Crippen LogP contribution in [0.3, 0.4) is 0 Å². The number of hydrogen-bond acceptors (Lipinski definition) is 0. The third kappa shape index (κ3) is 3.75. The van der Waals surface area contributed by atoms with Gasteiger partial charge in [-0.25, -0.2) is 0 Å². The van der Waals surface area contributed by atoms with Crippen LogP contribution in [0.15, 0.2) is 36.4 Å². The highest BCUT2D eigenvalue weighted by Gasteiger charge is 2.23. The van der Waals surface area contributed by atoms with Crippen LogP contribution < -0.4 is 10.4 Å². The fourth-order valence-electron chi connectivity index (χ4n) is 3.95. The lowest BCUT2D eigenvalue weighted by molar-refractivity contribution is 0.930. The van der Waals surface area contributed by atoms with Gasteiger partial charge < -0.3 is 0 Å². The summed E-state index contributed by atoms with van der Waals surface area (Å²) < 4.78 is 0. The second-order valence-electron chi connectivity index (χ2n) is 9.48. The zero-order chi connectivity index (χ0) is 17.5. The second-order valence-corrected chi connectivity index (χ2v) is 19.6. The molecule has 2 heteroatoms. The number of rotatable bonds is 2. The van der Waals surface area contributed by atoms with Gasteiger partial charge in [-0.2, -0.15) is 0 Å². The van der Waals surface area contributed by atoms with Gasteiger partial charge in [-0.3, -0.25) is 0 Å². The van der Waals surface area contributed by atoms with Crippen LogP contribution in [0.2, 0.25) is 39.3 Å². The first kappa shape index (κ1) is 17.7. The van der Waals surface area contributed by atoms with E-state index >= 15 is 0 Å². The Morgan fingerprint density at radius 3 is 1.25 bits per heavy atom. The average Bonchev–Trinajstić information content (AvgIpc) is 2.47. The maximum absolute atomic E-state index is 2.55. The van der Waals surface area contributed by atoms with Crippen LogP contribution >= 0.6 is 0 Å². The van der Waals surface area contributed by atoms with Crippen molar-refractivity contribution in [2.45, 2.75) is 65.0 Å². The van der Waals surface area contributed by atoms with E-state index in [0.717, 1.165) is 0 Å². The molecule has 0 spiro atoms. The third-order valence-corrected chi connectivity index (χ3v) is 9.49. The molecule has 6 rings (SSSR count). The van der Waals surface area contributed by atoms with Gasteiger partial charge in [-0.15, -0.1) is 0 Å². The number of aryl methyl sites for hydroxylation is 4. The lowest BCUT2D eigenvalue weighted by Gasteiger charge is -2.25. The predicted molar refractivity (Wildman–Crippen MR) is 114 cm³/mol. The Labute approximate surface area is 150 Å². The van der Waals surface area contributed by atoms with E-state index in [1.807, 2.05) is 0 Å². The van der Waals surface area contributed by atoms with E-state index in [1.54, 1.807) is 21.5 Å². The monoisotopic (exact) mass is 352 g/mol. The lowest BCUT2D eigenvalue weighted by atomic mass is 9.96. The summed E-state index contributed by atoms with van der Waals surface area (Å²) in [5.74, 6) is 0. The van der Waals surface area contributed by atoms with Crippen LogP contribution in [0.1, 0.15) is 22.3 Å². The summed E-state index contributed by atoms with van der Waals surface area (Å²) in [5, 5.41) is 3.36. The van der Waals surface area contributed by atoms with E-state index in [2.05, 4.69) is 75.7 Å². The molecule has 128 valence electrons. The molecular formula is C22H32Si2. The van der Waals surface area contributed by atoms with Crippen molar-refractivity contribution >= 4 is 26.5 Å². The van der Waals surface area contributed by atoms with Gasteiger partial charge in [0.05, 0.1) is 16.1 Å². The van der Waals surface area contributed by atoms with Crippen molar-refractivity contribution in [3.63, 3.8) is 0 Å². The van der Waals surface area contributed by atoms with Crippen LogP contribution in [-0.4, -0.2) is 16.1 Å². The largest absolute Gasteiger partial charge is 0.0779 e. The van der Waals surface area contributed by atoms with E-state index in [1.165, 1.54) is 36.8 Å². The summed E-state index contributed by atoms with van der Waals surface area (Å²) >= 11 is 0. The highest BCUT2D eigenvalue weighted by Crippen LogP contribution is 2.18. The minimum absolute atomic E-state index is 1.18. The SMILES string of the molecule is C[Si](C)(C)c1cc2ccc1CCc1ccc(c([Si](C)(C)C)c1)CC2. The van der Waals surface area contributed by atoms with Crippen molar-refractivity contribution in [2.75, 3.05) is 0 Å². The quantitative estimate of drug-likeness (QED) is 0.690. The summed E-state index contributed by atoms with van der Waals surface area (Å²) in [4.78, 5) is 0. The van der Waals surface area contributed by atoms with Crippen molar-refractivity contribution in [3.8, 4) is 0 Å². The molecule has 0 heterocycles.